The van der Waals surface area contributed by atoms with Gasteiger partial charge < -0.3 is 4.98 Å². The molecule has 4 nitrogen and oxygen atoms in total. The van der Waals surface area contributed by atoms with Crippen LogP contribution in [-0.4, -0.2) is 15.0 Å². The van der Waals surface area contributed by atoms with Crippen LogP contribution in [0.25, 0.3) is 11.4 Å². The van der Waals surface area contributed by atoms with Gasteiger partial charge in [-0.15, -0.1) is 0 Å². The monoisotopic (exact) mass is 405 g/mol. The molecule has 0 bridgehead atoms. The van der Waals surface area contributed by atoms with Crippen molar-refractivity contribution < 1.29 is 0 Å². The number of hydrogen-bond donors (Lipinski definition) is 1. The summed E-state index contributed by atoms with van der Waals surface area (Å²) >= 11 is 5.36. The van der Waals surface area contributed by atoms with Crippen molar-refractivity contribution in [2.75, 3.05) is 0 Å². The summed E-state index contributed by atoms with van der Waals surface area (Å²) in [5, 5.41) is 0. The van der Waals surface area contributed by atoms with Crippen molar-refractivity contribution in [2.45, 2.75) is 13.3 Å². The Hall–Kier alpha value is -0.760. The zero-order valence-corrected chi connectivity index (χ0v) is 12.7. The van der Waals surface area contributed by atoms with E-state index < -0.39 is 0 Å². The van der Waals surface area contributed by atoms with Gasteiger partial charge >= 0.3 is 0 Å². The molecule has 0 saturated carbocycles. The van der Waals surface area contributed by atoms with Crippen LogP contribution in [0.2, 0.25) is 0 Å². The number of nitrogens with zero attached hydrogens (tertiary/aromatic N) is 2. The van der Waals surface area contributed by atoms with Gasteiger partial charge in [0.25, 0.3) is 5.56 Å². The maximum Gasteiger partial charge on any atom is 0.264 e. The highest BCUT2D eigenvalue weighted by Crippen LogP contribution is 2.18. The summed E-state index contributed by atoms with van der Waals surface area (Å²) in [6.45, 7) is 1.98. The number of rotatable bonds is 2. The predicted molar refractivity (Wildman–Crippen MR) is 77.9 cm³/mol. The Labute approximate surface area is 120 Å². The van der Waals surface area contributed by atoms with E-state index in [1.54, 1.807) is 12.4 Å². The van der Waals surface area contributed by atoms with Crippen molar-refractivity contribution in [3.05, 3.63) is 42.6 Å². The third kappa shape index (κ3) is 2.74. The van der Waals surface area contributed by atoms with Crippen molar-refractivity contribution >= 4 is 38.5 Å². The summed E-state index contributed by atoms with van der Waals surface area (Å²) in [7, 11) is 0. The third-order valence-corrected chi connectivity index (χ3v) is 3.79. The lowest BCUT2D eigenvalue weighted by atomic mass is 10.2. The zero-order chi connectivity index (χ0) is 12.4. The second-order valence-electron chi connectivity index (χ2n) is 3.42. The van der Waals surface area contributed by atoms with Gasteiger partial charge in [-0.2, -0.15) is 0 Å². The van der Waals surface area contributed by atoms with E-state index in [-0.39, 0.29) is 5.56 Å². The van der Waals surface area contributed by atoms with E-state index in [4.69, 9.17) is 0 Å². The average Bonchev–Trinajstić information content (AvgIpc) is 2.32. The third-order valence-electron chi connectivity index (χ3n) is 2.24. The Morgan fingerprint density at radius 3 is 2.88 bits per heavy atom. The number of halogens is 2. The second kappa shape index (κ2) is 5.26. The van der Waals surface area contributed by atoms with E-state index in [9.17, 15) is 4.79 Å². The van der Waals surface area contributed by atoms with Gasteiger partial charge in [-0.25, -0.2) is 4.98 Å². The largest absolute Gasteiger partial charge is 0.306 e. The van der Waals surface area contributed by atoms with Crippen molar-refractivity contribution in [2.24, 2.45) is 0 Å². The van der Waals surface area contributed by atoms with E-state index in [0.29, 0.717) is 9.39 Å². The Morgan fingerprint density at radius 1 is 1.47 bits per heavy atom. The fourth-order valence-electron chi connectivity index (χ4n) is 1.42. The highest BCUT2D eigenvalue weighted by atomic mass is 127. The minimum atomic E-state index is -0.104. The summed E-state index contributed by atoms with van der Waals surface area (Å²) in [6.07, 6.45) is 4.10. The molecule has 0 unspecified atom stereocenters. The molecular formula is C11H9BrIN3O. The SMILES string of the molecule is CCc1nc(-c2cncc(Br)c2)[nH]c(=O)c1I. The summed E-state index contributed by atoms with van der Waals surface area (Å²) in [5.74, 6) is 0.557. The molecule has 6 heteroatoms. The van der Waals surface area contributed by atoms with Gasteiger partial charge in [-0.1, -0.05) is 6.92 Å². The fourth-order valence-corrected chi connectivity index (χ4v) is 2.42. The molecule has 0 aliphatic carbocycles. The smallest absolute Gasteiger partial charge is 0.264 e. The summed E-state index contributed by atoms with van der Waals surface area (Å²) in [4.78, 5) is 23.0. The first-order valence-electron chi connectivity index (χ1n) is 5.01. The molecule has 0 saturated heterocycles. The lowest BCUT2D eigenvalue weighted by Crippen LogP contribution is -2.16. The molecule has 0 fully saturated rings. The van der Waals surface area contributed by atoms with Crippen molar-refractivity contribution in [3.63, 3.8) is 0 Å². The number of hydrogen-bond acceptors (Lipinski definition) is 3. The number of aromatic nitrogens is 3. The van der Waals surface area contributed by atoms with Gasteiger partial charge in [0, 0.05) is 22.4 Å². The molecular weight excluding hydrogens is 397 g/mol. The van der Waals surface area contributed by atoms with E-state index in [1.807, 2.05) is 35.6 Å². The molecule has 1 N–H and O–H groups in total. The van der Waals surface area contributed by atoms with Crippen molar-refractivity contribution in [3.8, 4) is 11.4 Å². The van der Waals surface area contributed by atoms with Crippen LogP contribution >= 0.6 is 38.5 Å². The first kappa shape index (κ1) is 12.7. The van der Waals surface area contributed by atoms with Crippen LogP contribution in [0.4, 0.5) is 0 Å². The van der Waals surface area contributed by atoms with Gasteiger partial charge in [-0.3, -0.25) is 9.78 Å². The minimum Gasteiger partial charge on any atom is -0.306 e. The standard InChI is InChI=1S/C11H9BrIN3O/c1-2-8-9(13)11(17)16-10(15-8)6-3-7(12)5-14-4-6/h3-5H,2H2,1H3,(H,15,16,17). The van der Waals surface area contributed by atoms with Crippen LogP contribution in [0.15, 0.2) is 27.7 Å². The number of H-pyrrole nitrogens is 1. The van der Waals surface area contributed by atoms with Gasteiger partial charge in [-0.05, 0) is 51.0 Å². The first-order chi connectivity index (χ1) is 8.11. The highest BCUT2D eigenvalue weighted by molar-refractivity contribution is 14.1. The van der Waals surface area contributed by atoms with Gasteiger partial charge in [0.05, 0.1) is 9.26 Å². The van der Waals surface area contributed by atoms with Crippen LogP contribution in [0.1, 0.15) is 12.6 Å². The maximum atomic E-state index is 11.7. The number of aromatic amines is 1. The van der Waals surface area contributed by atoms with Gasteiger partial charge in [0.2, 0.25) is 0 Å². The molecule has 0 atom stereocenters. The number of nitrogens with one attached hydrogen (secondary N) is 1. The van der Waals surface area contributed by atoms with Crippen LogP contribution in [-0.2, 0) is 6.42 Å². The van der Waals surface area contributed by atoms with E-state index in [2.05, 4.69) is 30.9 Å². The molecule has 17 heavy (non-hydrogen) atoms. The average molecular weight is 406 g/mol. The van der Waals surface area contributed by atoms with Crippen molar-refractivity contribution in [1.82, 2.24) is 15.0 Å². The van der Waals surface area contributed by atoms with E-state index in [0.717, 1.165) is 22.2 Å². The molecule has 2 aromatic rings. The van der Waals surface area contributed by atoms with Crippen LogP contribution in [0.3, 0.4) is 0 Å². The first-order valence-corrected chi connectivity index (χ1v) is 6.88. The molecule has 0 spiro atoms. The molecule has 0 aromatic carbocycles. The molecule has 0 aliphatic rings. The highest BCUT2D eigenvalue weighted by Gasteiger charge is 2.09. The second-order valence-corrected chi connectivity index (χ2v) is 5.42. The van der Waals surface area contributed by atoms with Crippen LogP contribution < -0.4 is 5.56 Å². The Morgan fingerprint density at radius 2 is 2.24 bits per heavy atom. The molecule has 2 heterocycles. The fraction of sp³-hybridized carbons (Fsp3) is 0.182. The summed E-state index contributed by atoms with van der Waals surface area (Å²) in [5.41, 5.74) is 1.50. The van der Waals surface area contributed by atoms with Crippen LogP contribution in [0.5, 0.6) is 0 Å². The van der Waals surface area contributed by atoms with E-state index in [1.165, 1.54) is 0 Å². The quantitative estimate of drug-likeness (QED) is 0.781. The summed E-state index contributed by atoms with van der Waals surface area (Å²) < 4.78 is 1.51. The Kier molecular flexibility index (Phi) is 3.93. The van der Waals surface area contributed by atoms with E-state index >= 15 is 0 Å². The summed E-state index contributed by atoms with van der Waals surface area (Å²) in [6, 6.07) is 1.87. The number of aryl methyl sites for hydroxylation is 1. The predicted octanol–water partition coefficient (Wildman–Crippen LogP) is 2.76. The normalized spacial score (nSPS) is 10.5. The lowest BCUT2D eigenvalue weighted by molar-refractivity contribution is 0.967. The minimum absolute atomic E-state index is 0.104. The molecule has 2 rings (SSSR count). The van der Waals surface area contributed by atoms with Crippen molar-refractivity contribution in [1.29, 1.82) is 0 Å². The Balaban J connectivity index is 2.61. The Bertz CT molecular complexity index is 612. The topological polar surface area (TPSA) is 58.6 Å². The molecule has 0 amide bonds. The molecule has 0 radical (unpaired) electrons. The molecule has 0 aliphatic heterocycles. The maximum absolute atomic E-state index is 11.7. The number of pyridine rings is 1. The van der Waals surface area contributed by atoms with Gasteiger partial charge in [0.1, 0.15) is 5.82 Å². The lowest BCUT2D eigenvalue weighted by Gasteiger charge is -2.05. The van der Waals surface area contributed by atoms with Crippen LogP contribution in [0, 0.1) is 3.57 Å². The zero-order valence-electron chi connectivity index (χ0n) is 9.00. The van der Waals surface area contributed by atoms with Gasteiger partial charge in [0.15, 0.2) is 0 Å². The molecule has 2 aromatic heterocycles. The molecule has 88 valence electrons.